The highest BCUT2D eigenvalue weighted by molar-refractivity contribution is 7.26. The number of rotatable bonds is 6. The van der Waals surface area contributed by atoms with Crippen molar-refractivity contribution < 1.29 is 0 Å². The summed E-state index contributed by atoms with van der Waals surface area (Å²) in [5.74, 6) is 1.92. The van der Waals surface area contributed by atoms with Gasteiger partial charge in [-0.15, -0.1) is 11.3 Å². The van der Waals surface area contributed by atoms with E-state index in [9.17, 15) is 0 Å². The zero-order valence-corrected chi connectivity index (χ0v) is 35.9. The second-order valence-electron chi connectivity index (χ2n) is 16.7. The number of aromatic nitrogens is 3. The minimum Gasteiger partial charge on any atom is -0.208 e. The monoisotopic (exact) mass is 843 g/mol. The van der Waals surface area contributed by atoms with Gasteiger partial charge >= 0.3 is 0 Å². The van der Waals surface area contributed by atoms with Crippen molar-refractivity contribution >= 4 is 74.6 Å². The average Bonchev–Trinajstić information content (AvgIpc) is 3.77. The molecule has 0 amide bonds. The van der Waals surface area contributed by atoms with Crippen LogP contribution in [0.4, 0.5) is 0 Å². The number of hydrogen-bond donors (Lipinski definition) is 0. The van der Waals surface area contributed by atoms with E-state index in [1.54, 1.807) is 11.3 Å². The van der Waals surface area contributed by atoms with Gasteiger partial charge in [0, 0.05) is 36.9 Å². The Morgan fingerprint density at radius 2 is 0.785 bits per heavy atom. The Balaban J connectivity index is 1.06. The van der Waals surface area contributed by atoms with Crippen LogP contribution in [0, 0.1) is 0 Å². The third-order valence-corrected chi connectivity index (χ3v) is 14.1. The lowest BCUT2D eigenvalue weighted by molar-refractivity contribution is 1.08. The SMILES string of the molecule is c1ccc(-c2ccc3ccc(-c4ccc5cccc(-c6nc(-c7c(-c8cccc9ccccc89)ccc8ccccc78)nc(-c7cccc8c7sc7ccccc78)n6)c5c4)cc3c2)cc1. The van der Waals surface area contributed by atoms with Gasteiger partial charge in [0.05, 0.1) is 0 Å². The molecule has 0 aliphatic heterocycles. The maximum absolute atomic E-state index is 5.55. The second-order valence-corrected chi connectivity index (χ2v) is 17.8. The van der Waals surface area contributed by atoms with E-state index in [-0.39, 0.29) is 0 Å². The van der Waals surface area contributed by atoms with Gasteiger partial charge in [-0.2, -0.15) is 0 Å². The van der Waals surface area contributed by atoms with Crippen molar-refractivity contribution in [3.8, 4) is 67.5 Å². The topological polar surface area (TPSA) is 38.7 Å². The molecule has 0 aliphatic rings. The largest absolute Gasteiger partial charge is 0.208 e. The molecular weight excluding hydrogens is 807 g/mol. The molecule has 2 aromatic heterocycles. The van der Waals surface area contributed by atoms with Gasteiger partial charge in [-0.3, -0.25) is 0 Å². The first-order valence-corrected chi connectivity index (χ1v) is 22.8. The molecule has 65 heavy (non-hydrogen) atoms. The summed E-state index contributed by atoms with van der Waals surface area (Å²) in [5, 5.41) is 11.7. The normalized spacial score (nSPS) is 11.7. The first-order valence-electron chi connectivity index (χ1n) is 22.0. The molecule has 0 spiro atoms. The lowest BCUT2D eigenvalue weighted by atomic mass is 9.90. The highest BCUT2D eigenvalue weighted by Gasteiger charge is 2.22. The molecule has 0 saturated carbocycles. The molecular formula is C61H37N3S. The molecule has 2 heterocycles. The molecule has 13 aromatic rings. The molecule has 0 fully saturated rings. The van der Waals surface area contributed by atoms with Gasteiger partial charge in [-0.1, -0.05) is 194 Å². The van der Waals surface area contributed by atoms with Gasteiger partial charge in [-0.25, -0.2) is 15.0 Å². The number of hydrogen-bond acceptors (Lipinski definition) is 4. The summed E-state index contributed by atoms with van der Waals surface area (Å²) in [6.07, 6.45) is 0. The zero-order chi connectivity index (χ0) is 42.8. The van der Waals surface area contributed by atoms with Crippen LogP contribution in [0.15, 0.2) is 224 Å². The Morgan fingerprint density at radius 1 is 0.262 bits per heavy atom. The molecule has 0 aliphatic carbocycles. The third kappa shape index (κ3) is 6.37. The third-order valence-electron chi connectivity index (χ3n) is 12.9. The van der Waals surface area contributed by atoms with Gasteiger partial charge in [0.2, 0.25) is 0 Å². The standard InChI is InChI=1S/C61H37N3S/c1-2-13-38(14-3-1)43-30-27-39-28-31-44(36-46(39)35-43)45-32-29-42-18-11-24-53(55(42)37-45)59-62-60(54-25-12-23-52-50-21-8-9-26-56(50)65-58(52)54)64-61(63-59)57-48-20-7-5-16-41(48)33-34-51(57)49-22-10-17-40-15-4-6-19-47(40)49/h1-37H. The molecule has 3 nitrogen and oxygen atoms in total. The molecule has 0 radical (unpaired) electrons. The fourth-order valence-corrected chi connectivity index (χ4v) is 10.9. The van der Waals surface area contributed by atoms with Gasteiger partial charge in [-0.05, 0) is 107 Å². The minimum atomic E-state index is 0.633. The van der Waals surface area contributed by atoms with Crippen molar-refractivity contribution in [2.75, 3.05) is 0 Å². The smallest absolute Gasteiger partial charge is 0.165 e. The van der Waals surface area contributed by atoms with Crippen molar-refractivity contribution in [3.05, 3.63) is 224 Å². The average molecular weight is 844 g/mol. The number of nitrogens with zero attached hydrogens (tertiary/aromatic N) is 3. The summed E-state index contributed by atoms with van der Waals surface area (Å²) < 4.78 is 2.40. The highest BCUT2D eigenvalue weighted by atomic mass is 32.1. The molecule has 302 valence electrons. The van der Waals surface area contributed by atoms with Crippen molar-refractivity contribution in [1.29, 1.82) is 0 Å². The van der Waals surface area contributed by atoms with Crippen LogP contribution in [0.2, 0.25) is 0 Å². The minimum absolute atomic E-state index is 0.633. The summed E-state index contributed by atoms with van der Waals surface area (Å²) in [5.41, 5.74) is 9.86. The molecule has 4 heteroatoms. The summed E-state index contributed by atoms with van der Waals surface area (Å²) in [4.78, 5) is 16.5. The van der Waals surface area contributed by atoms with Gasteiger partial charge in [0.15, 0.2) is 17.5 Å². The first-order chi connectivity index (χ1) is 32.2. The summed E-state index contributed by atoms with van der Waals surface area (Å²) in [6, 6.07) is 80.7. The van der Waals surface area contributed by atoms with Crippen LogP contribution in [0.5, 0.6) is 0 Å². The van der Waals surface area contributed by atoms with Crippen LogP contribution < -0.4 is 0 Å². The van der Waals surface area contributed by atoms with Crippen LogP contribution in [0.1, 0.15) is 0 Å². The van der Waals surface area contributed by atoms with Crippen LogP contribution in [0.25, 0.3) is 131 Å². The lowest BCUT2D eigenvalue weighted by Crippen LogP contribution is -2.02. The molecule has 0 N–H and O–H groups in total. The van der Waals surface area contributed by atoms with E-state index < -0.39 is 0 Å². The Labute approximate surface area is 379 Å². The summed E-state index contributed by atoms with van der Waals surface area (Å²) >= 11 is 1.79. The van der Waals surface area contributed by atoms with E-state index in [1.165, 1.54) is 48.1 Å². The van der Waals surface area contributed by atoms with Crippen LogP contribution in [-0.2, 0) is 0 Å². The number of benzene rings is 11. The van der Waals surface area contributed by atoms with E-state index in [0.29, 0.717) is 17.5 Å². The van der Waals surface area contributed by atoms with Crippen LogP contribution in [-0.4, -0.2) is 15.0 Å². The van der Waals surface area contributed by atoms with E-state index in [1.807, 2.05) is 0 Å². The first kappa shape index (κ1) is 37.3. The Kier molecular flexibility index (Phi) is 8.71. The second kappa shape index (κ2) is 15.2. The maximum atomic E-state index is 5.55. The quantitative estimate of drug-likeness (QED) is 0.167. The molecule has 0 bridgehead atoms. The van der Waals surface area contributed by atoms with Crippen molar-refractivity contribution in [2.45, 2.75) is 0 Å². The predicted molar refractivity (Wildman–Crippen MR) is 275 cm³/mol. The summed E-state index contributed by atoms with van der Waals surface area (Å²) in [6.45, 7) is 0. The van der Waals surface area contributed by atoms with E-state index in [2.05, 4.69) is 224 Å². The Hall–Kier alpha value is -8.31. The van der Waals surface area contributed by atoms with Crippen LogP contribution >= 0.6 is 11.3 Å². The number of fused-ring (bicyclic) bond motifs is 7. The molecule has 11 aromatic carbocycles. The van der Waals surface area contributed by atoms with Crippen LogP contribution in [0.3, 0.4) is 0 Å². The van der Waals surface area contributed by atoms with E-state index in [4.69, 9.17) is 15.0 Å². The van der Waals surface area contributed by atoms with Gasteiger partial charge < -0.3 is 0 Å². The predicted octanol–water partition coefficient (Wildman–Crippen LogP) is 16.9. The molecule has 0 unspecified atom stereocenters. The van der Waals surface area contributed by atoms with Gasteiger partial charge in [0.25, 0.3) is 0 Å². The molecule has 0 atom stereocenters. The fraction of sp³-hybridized carbons (Fsp3) is 0. The van der Waals surface area contributed by atoms with Crippen molar-refractivity contribution in [2.24, 2.45) is 0 Å². The van der Waals surface area contributed by atoms with Crippen molar-refractivity contribution in [1.82, 2.24) is 15.0 Å². The molecule has 0 saturated heterocycles. The number of thiophene rings is 1. The highest BCUT2D eigenvalue weighted by Crippen LogP contribution is 2.44. The van der Waals surface area contributed by atoms with E-state index >= 15 is 0 Å². The Morgan fingerprint density at radius 3 is 1.58 bits per heavy atom. The maximum Gasteiger partial charge on any atom is 0.165 e. The summed E-state index contributed by atoms with van der Waals surface area (Å²) in [7, 11) is 0. The lowest BCUT2D eigenvalue weighted by Gasteiger charge is -2.17. The van der Waals surface area contributed by atoms with Gasteiger partial charge in [0.1, 0.15) is 0 Å². The van der Waals surface area contributed by atoms with E-state index in [0.717, 1.165) is 65.2 Å². The van der Waals surface area contributed by atoms with Crippen molar-refractivity contribution in [3.63, 3.8) is 0 Å². The molecule has 13 rings (SSSR count). The zero-order valence-electron chi connectivity index (χ0n) is 35.1. The Bertz CT molecular complexity index is 4010. The fourth-order valence-electron chi connectivity index (χ4n) is 9.73.